The van der Waals surface area contributed by atoms with Crippen LogP contribution in [-0.2, 0) is 0 Å². The first kappa shape index (κ1) is 12.0. The Balaban J connectivity index is 2.66. The summed E-state index contributed by atoms with van der Waals surface area (Å²) >= 11 is 0. The molecule has 0 aromatic heterocycles. The highest BCUT2D eigenvalue weighted by Crippen LogP contribution is 2.05. The maximum Gasteiger partial charge on any atom is 0.332 e. The van der Waals surface area contributed by atoms with Gasteiger partial charge < -0.3 is 5.73 Å². The van der Waals surface area contributed by atoms with Gasteiger partial charge in [0.15, 0.2) is 0 Å². The van der Waals surface area contributed by atoms with Crippen LogP contribution in [0.5, 0.6) is 0 Å². The van der Waals surface area contributed by atoms with Gasteiger partial charge in [-0.3, -0.25) is 0 Å². The number of rotatable bonds is 3. The predicted octanol–water partition coefficient (Wildman–Crippen LogP) is 2.05. The molecule has 0 saturated carbocycles. The molecule has 0 aliphatic carbocycles. The molecule has 0 spiro atoms. The second-order valence-corrected chi connectivity index (χ2v) is 3.48. The molecular weight excluding hydrogens is 202 g/mol. The molecule has 0 radical (unpaired) electrons. The number of nitrogens with one attached hydrogen (secondary N) is 1. The molecule has 0 unspecified atom stereocenters. The number of allylic oxidation sites excluding steroid dienone is 1. The number of carbonyl (C=O) groups excluding carboxylic acids is 1. The molecule has 0 fully saturated rings. The van der Waals surface area contributed by atoms with Crippen LogP contribution in [0.4, 0.5) is 4.79 Å². The highest BCUT2D eigenvalue weighted by Gasteiger charge is 1.90. The Morgan fingerprint density at radius 2 is 2.25 bits per heavy atom. The number of aryl methyl sites for hydroxylation is 1. The second-order valence-electron chi connectivity index (χ2n) is 3.48. The smallest absolute Gasteiger partial charge is 0.332 e. The first-order chi connectivity index (χ1) is 7.58. The van der Waals surface area contributed by atoms with E-state index in [2.05, 4.69) is 16.6 Å². The van der Waals surface area contributed by atoms with Gasteiger partial charge in [-0.15, -0.1) is 0 Å². The minimum Gasteiger partial charge on any atom is -0.350 e. The summed E-state index contributed by atoms with van der Waals surface area (Å²) in [6.07, 6.45) is 3.74. The van der Waals surface area contributed by atoms with E-state index in [0.29, 0.717) is 5.71 Å². The normalized spacial score (nSPS) is 11.8. The molecule has 1 aromatic carbocycles. The van der Waals surface area contributed by atoms with Gasteiger partial charge in [-0.1, -0.05) is 35.9 Å². The highest BCUT2D eigenvalue weighted by atomic mass is 16.2. The van der Waals surface area contributed by atoms with Crippen molar-refractivity contribution in [1.82, 2.24) is 5.43 Å². The van der Waals surface area contributed by atoms with Crippen LogP contribution < -0.4 is 11.2 Å². The number of primary amides is 1. The molecule has 16 heavy (non-hydrogen) atoms. The van der Waals surface area contributed by atoms with Crippen LogP contribution in [0.3, 0.4) is 0 Å². The Bertz CT molecular complexity index is 436. The van der Waals surface area contributed by atoms with E-state index in [1.807, 2.05) is 37.3 Å². The molecule has 4 nitrogen and oxygen atoms in total. The molecule has 0 atom stereocenters. The van der Waals surface area contributed by atoms with Crippen molar-refractivity contribution in [3.05, 3.63) is 41.5 Å². The van der Waals surface area contributed by atoms with Crippen molar-refractivity contribution >= 4 is 17.8 Å². The molecular formula is C12H15N3O. The van der Waals surface area contributed by atoms with Gasteiger partial charge in [0.2, 0.25) is 0 Å². The van der Waals surface area contributed by atoms with Gasteiger partial charge in [0, 0.05) is 0 Å². The third-order valence-electron chi connectivity index (χ3n) is 1.90. The summed E-state index contributed by atoms with van der Waals surface area (Å²) in [4.78, 5) is 10.4. The SMILES string of the molecule is CC(/C=C\c1cccc(C)c1)=N\NC(N)=O. The Kier molecular flexibility index (Phi) is 4.27. The van der Waals surface area contributed by atoms with E-state index in [-0.39, 0.29) is 0 Å². The average Bonchev–Trinajstić information content (AvgIpc) is 2.23. The topological polar surface area (TPSA) is 67.5 Å². The lowest BCUT2D eigenvalue weighted by Crippen LogP contribution is -2.25. The monoisotopic (exact) mass is 217 g/mol. The van der Waals surface area contributed by atoms with Gasteiger partial charge in [-0.05, 0) is 25.5 Å². The van der Waals surface area contributed by atoms with Gasteiger partial charge in [0.25, 0.3) is 0 Å². The fraction of sp³-hybridized carbons (Fsp3) is 0.167. The molecule has 0 heterocycles. The van der Waals surface area contributed by atoms with Crippen LogP contribution in [0.1, 0.15) is 18.1 Å². The van der Waals surface area contributed by atoms with Crippen molar-refractivity contribution < 1.29 is 4.79 Å². The maximum atomic E-state index is 10.4. The number of nitrogens with zero attached hydrogens (tertiary/aromatic N) is 1. The van der Waals surface area contributed by atoms with Gasteiger partial charge in [0.05, 0.1) is 5.71 Å². The van der Waals surface area contributed by atoms with Crippen molar-refractivity contribution in [2.24, 2.45) is 10.8 Å². The average molecular weight is 217 g/mol. The fourth-order valence-corrected chi connectivity index (χ4v) is 1.17. The van der Waals surface area contributed by atoms with Crippen molar-refractivity contribution in [2.45, 2.75) is 13.8 Å². The summed E-state index contributed by atoms with van der Waals surface area (Å²) in [6.45, 7) is 3.81. The summed E-state index contributed by atoms with van der Waals surface area (Å²) in [5, 5.41) is 3.77. The van der Waals surface area contributed by atoms with Crippen LogP contribution in [0.2, 0.25) is 0 Å². The molecule has 2 amide bonds. The summed E-state index contributed by atoms with van der Waals surface area (Å²) in [6, 6.07) is 7.42. The molecule has 0 aliphatic heterocycles. The van der Waals surface area contributed by atoms with E-state index in [1.54, 1.807) is 6.92 Å². The maximum absolute atomic E-state index is 10.4. The summed E-state index contributed by atoms with van der Waals surface area (Å²) in [5.74, 6) is 0. The van der Waals surface area contributed by atoms with E-state index in [4.69, 9.17) is 5.73 Å². The number of hydrogen-bond acceptors (Lipinski definition) is 2. The molecule has 0 saturated heterocycles. The number of benzene rings is 1. The second kappa shape index (κ2) is 5.70. The quantitative estimate of drug-likeness (QED) is 0.590. The molecule has 3 N–H and O–H groups in total. The Morgan fingerprint density at radius 3 is 2.88 bits per heavy atom. The van der Waals surface area contributed by atoms with Gasteiger partial charge >= 0.3 is 6.03 Å². The zero-order valence-corrected chi connectivity index (χ0v) is 9.40. The Labute approximate surface area is 94.8 Å². The number of hydrogen-bond donors (Lipinski definition) is 2. The first-order valence-electron chi connectivity index (χ1n) is 4.92. The fourth-order valence-electron chi connectivity index (χ4n) is 1.17. The standard InChI is InChI=1S/C12H15N3O/c1-9-4-3-5-11(8-9)7-6-10(2)14-15-12(13)16/h3-8H,1-2H3,(H3,13,15,16)/b7-6-,14-10+. The van der Waals surface area contributed by atoms with E-state index in [0.717, 1.165) is 5.56 Å². The van der Waals surface area contributed by atoms with E-state index >= 15 is 0 Å². The Hall–Kier alpha value is -2.10. The summed E-state index contributed by atoms with van der Waals surface area (Å²) < 4.78 is 0. The molecule has 0 aliphatic rings. The zero-order chi connectivity index (χ0) is 12.0. The number of nitrogens with two attached hydrogens (primary N) is 1. The highest BCUT2D eigenvalue weighted by molar-refractivity contribution is 5.96. The van der Waals surface area contributed by atoms with Crippen molar-refractivity contribution in [1.29, 1.82) is 0 Å². The first-order valence-corrected chi connectivity index (χ1v) is 4.92. The van der Waals surface area contributed by atoms with E-state index in [1.165, 1.54) is 5.56 Å². The Morgan fingerprint density at radius 1 is 1.50 bits per heavy atom. The number of carbonyl (C=O) groups is 1. The third kappa shape index (κ3) is 4.41. The van der Waals surface area contributed by atoms with Crippen LogP contribution >= 0.6 is 0 Å². The van der Waals surface area contributed by atoms with E-state index in [9.17, 15) is 4.79 Å². The van der Waals surface area contributed by atoms with Crippen molar-refractivity contribution in [3.8, 4) is 0 Å². The van der Waals surface area contributed by atoms with Crippen LogP contribution in [-0.4, -0.2) is 11.7 Å². The van der Waals surface area contributed by atoms with E-state index < -0.39 is 6.03 Å². The molecule has 1 rings (SSSR count). The third-order valence-corrected chi connectivity index (χ3v) is 1.90. The van der Waals surface area contributed by atoms with Gasteiger partial charge in [-0.25, -0.2) is 10.2 Å². The van der Waals surface area contributed by atoms with Crippen LogP contribution in [0, 0.1) is 6.92 Å². The minimum absolute atomic E-state index is 0.664. The minimum atomic E-state index is -0.664. The predicted molar refractivity (Wildman–Crippen MR) is 66.0 cm³/mol. The lowest BCUT2D eigenvalue weighted by molar-refractivity contribution is 0.249. The molecule has 4 heteroatoms. The van der Waals surface area contributed by atoms with Crippen molar-refractivity contribution in [3.63, 3.8) is 0 Å². The zero-order valence-electron chi connectivity index (χ0n) is 9.40. The largest absolute Gasteiger partial charge is 0.350 e. The van der Waals surface area contributed by atoms with Crippen LogP contribution in [0.25, 0.3) is 6.08 Å². The van der Waals surface area contributed by atoms with Gasteiger partial charge in [0.1, 0.15) is 0 Å². The van der Waals surface area contributed by atoms with Gasteiger partial charge in [-0.2, -0.15) is 5.10 Å². The molecule has 0 bridgehead atoms. The molecule has 84 valence electrons. The van der Waals surface area contributed by atoms with Crippen LogP contribution in [0.15, 0.2) is 35.4 Å². The lowest BCUT2D eigenvalue weighted by atomic mass is 10.1. The molecule has 1 aromatic rings. The number of amides is 2. The lowest BCUT2D eigenvalue weighted by Gasteiger charge is -1.96. The number of hydrazone groups is 1. The summed E-state index contributed by atoms with van der Waals surface area (Å²) in [5.41, 5.74) is 10.0. The van der Waals surface area contributed by atoms with Crippen molar-refractivity contribution in [2.75, 3.05) is 0 Å². The number of urea groups is 1. The summed E-state index contributed by atoms with van der Waals surface area (Å²) in [7, 11) is 0.